The summed E-state index contributed by atoms with van der Waals surface area (Å²) in [6.07, 6.45) is -5.87. The summed E-state index contributed by atoms with van der Waals surface area (Å²) in [5, 5.41) is 13.8. The Morgan fingerprint density at radius 1 is 1.18 bits per heavy atom. The fourth-order valence-corrected chi connectivity index (χ4v) is 6.42. The highest BCUT2D eigenvalue weighted by Gasteiger charge is 2.55. The number of amides is 2. The number of hydrogen-bond acceptors (Lipinski definition) is 7. The van der Waals surface area contributed by atoms with Gasteiger partial charge in [0.15, 0.2) is 6.04 Å². The highest BCUT2D eigenvalue weighted by Crippen LogP contribution is 2.47. The van der Waals surface area contributed by atoms with E-state index in [0.29, 0.717) is 26.8 Å². The van der Waals surface area contributed by atoms with Gasteiger partial charge < -0.3 is 15.7 Å². The molecule has 2 aromatic carbocycles. The topological polar surface area (TPSA) is 107 Å². The Hall–Kier alpha value is -3.06. The summed E-state index contributed by atoms with van der Waals surface area (Å²) >= 11 is 8.21. The smallest absolute Gasteiger partial charge is 0.382 e. The van der Waals surface area contributed by atoms with E-state index < -0.39 is 60.2 Å². The van der Waals surface area contributed by atoms with Crippen LogP contribution < -0.4 is 5.73 Å². The number of aliphatic hydroxyl groups excluding tert-OH is 1. The summed E-state index contributed by atoms with van der Waals surface area (Å²) in [7, 11) is 0. The maximum atomic E-state index is 13.9. The van der Waals surface area contributed by atoms with Crippen molar-refractivity contribution in [3.05, 3.63) is 76.0 Å². The fourth-order valence-electron chi connectivity index (χ4n) is 5.04. The molecule has 13 heteroatoms. The zero-order chi connectivity index (χ0) is 27.5. The molecular formula is C25H22ClF3N4O4S. The average Bonchev–Trinajstić information content (AvgIpc) is 3.03. The minimum absolute atomic E-state index is 0.349. The van der Waals surface area contributed by atoms with Crippen molar-refractivity contribution in [2.24, 2.45) is 5.73 Å². The third-order valence-electron chi connectivity index (χ3n) is 7.03. The molecule has 3 N–H and O–H groups in total. The van der Waals surface area contributed by atoms with E-state index in [2.05, 4.69) is 0 Å². The second-order valence-electron chi connectivity index (χ2n) is 9.19. The molecule has 0 aromatic heterocycles. The van der Waals surface area contributed by atoms with E-state index in [9.17, 15) is 32.7 Å². The summed E-state index contributed by atoms with van der Waals surface area (Å²) in [4.78, 5) is 39.6. The van der Waals surface area contributed by atoms with Crippen molar-refractivity contribution in [3.8, 4) is 0 Å². The summed E-state index contributed by atoms with van der Waals surface area (Å²) in [6, 6.07) is 7.74. The minimum Gasteiger partial charge on any atom is -0.382 e. The van der Waals surface area contributed by atoms with Crippen LogP contribution >= 0.6 is 23.4 Å². The van der Waals surface area contributed by atoms with Crippen LogP contribution in [0.1, 0.15) is 29.7 Å². The number of benzene rings is 2. The Morgan fingerprint density at radius 2 is 1.89 bits per heavy atom. The summed E-state index contributed by atoms with van der Waals surface area (Å²) in [5.74, 6) is -2.86. The molecular weight excluding hydrogens is 545 g/mol. The van der Waals surface area contributed by atoms with Gasteiger partial charge in [0.1, 0.15) is 17.7 Å². The van der Waals surface area contributed by atoms with Crippen molar-refractivity contribution < 1.29 is 32.7 Å². The first-order chi connectivity index (χ1) is 17.9. The van der Waals surface area contributed by atoms with Gasteiger partial charge >= 0.3 is 6.18 Å². The predicted molar refractivity (Wildman–Crippen MR) is 132 cm³/mol. The third kappa shape index (κ3) is 4.25. The van der Waals surface area contributed by atoms with Crippen molar-refractivity contribution in [3.63, 3.8) is 0 Å². The molecule has 200 valence electrons. The molecule has 0 aliphatic carbocycles. The van der Waals surface area contributed by atoms with Crippen LogP contribution in [0.15, 0.2) is 59.1 Å². The van der Waals surface area contributed by atoms with Gasteiger partial charge in [0.2, 0.25) is 5.78 Å². The van der Waals surface area contributed by atoms with Crippen LogP contribution in [-0.4, -0.2) is 68.7 Å². The molecule has 1 saturated heterocycles. The Bertz CT molecular complexity index is 1370. The second kappa shape index (κ2) is 9.60. The lowest BCUT2D eigenvalue weighted by Gasteiger charge is -2.54. The number of carbonyl (C=O) groups excluding carboxylic acids is 3. The number of hydrazine groups is 1. The molecule has 38 heavy (non-hydrogen) atoms. The fraction of sp³-hybridized carbons (Fsp3) is 0.320. The SMILES string of the molecule is C[C@@H](N1CN([C@@H]2c3ccccc3SCc3cccc(Cl)c32)N2C=C(C(N)=O)C(=O)C(O)C2C1=O)C(F)(F)F. The molecule has 5 rings (SSSR count). The number of fused-ring (bicyclic) bond motifs is 3. The van der Waals surface area contributed by atoms with Gasteiger partial charge in [-0.2, -0.15) is 18.2 Å². The molecule has 3 aliphatic heterocycles. The maximum absolute atomic E-state index is 13.9. The van der Waals surface area contributed by atoms with Crippen LogP contribution in [0.2, 0.25) is 5.02 Å². The van der Waals surface area contributed by atoms with Gasteiger partial charge in [-0.15, -0.1) is 11.8 Å². The van der Waals surface area contributed by atoms with Gasteiger partial charge in [-0.1, -0.05) is 41.9 Å². The van der Waals surface area contributed by atoms with E-state index in [1.165, 1.54) is 21.8 Å². The molecule has 2 unspecified atom stereocenters. The number of alkyl halides is 3. The molecule has 2 amide bonds. The molecule has 0 radical (unpaired) electrons. The molecule has 4 atom stereocenters. The monoisotopic (exact) mass is 566 g/mol. The largest absolute Gasteiger partial charge is 0.408 e. The average molecular weight is 567 g/mol. The van der Waals surface area contributed by atoms with Gasteiger partial charge in [0.25, 0.3) is 11.8 Å². The lowest BCUT2D eigenvalue weighted by atomic mass is 9.91. The first-order valence-corrected chi connectivity index (χ1v) is 12.9. The van der Waals surface area contributed by atoms with E-state index >= 15 is 0 Å². The number of thioether (sulfide) groups is 1. The number of nitrogens with zero attached hydrogens (tertiary/aromatic N) is 3. The standard InChI is InChI=1S/C25H22ClF3N4O4S/c1-12(25(27,28)29)31-11-33(32-9-15(23(30)36)21(34)22(35)20(32)24(31)37)19-14-6-2-3-8-17(14)38-10-13-5-4-7-16(26)18(13)19/h2-9,12,19-20,22,35H,10-11H2,1H3,(H2,30,36)/t12-,19-,20?,22?/m1/s1. The third-order valence-corrected chi connectivity index (χ3v) is 8.50. The second-order valence-corrected chi connectivity index (χ2v) is 10.6. The van der Waals surface area contributed by atoms with Crippen molar-refractivity contribution >= 4 is 41.0 Å². The predicted octanol–water partition coefficient (Wildman–Crippen LogP) is 2.99. The number of nitrogens with two attached hydrogens (primary N) is 1. The van der Waals surface area contributed by atoms with E-state index in [1.807, 2.05) is 18.2 Å². The van der Waals surface area contributed by atoms with Gasteiger partial charge in [-0.05, 0) is 35.7 Å². The summed E-state index contributed by atoms with van der Waals surface area (Å²) in [5.41, 5.74) is 6.92. The number of carbonyl (C=O) groups is 3. The molecule has 0 saturated carbocycles. The maximum Gasteiger partial charge on any atom is 0.408 e. The number of halogens is 4. The Labute approximate surface area is 224 Å². The highest BCUT2D eigenvalue weighted by molar-refractivity contribution is 7.98. The first kappa shape index (κ1) is 26.5. The Morgan fingerprint density at radius 3 is 2.58 bits per heavy atom. The van der Waals surface area contributed by atoms with Crippen molar-refractivity contribution in [1.82, 2.24) is 14.9 Å². The molecule has 0 bridgehead atoms. The quantitative estimate of drug-likeness (QED) is 0.550. The molecule has 8 nitrogen and oxygen atoms in total. The number of hydrogen-bond donors (Lipinski definition) is 2. The molecule has 3 heterocycles. The molecule has 2 aromatic rings. The van der Waals surface area contributed by atoms with Crippen LogP contribution in [0.25, 0.3) is 0 Å². The van der Waals surface area contributed by atoms with E-state index in [0.717, 1.165) is 23.6 Å². The van der Waals surface area contributed by atoms with Gasteiger partial charge in [-0.25, -0.2) is 0 Å². The van der Waals surface area contributed by atoms with Crippen LogP contribution in [-0.2, 0) is 20.1 Å². The molecule has 0 spiro atoms. The van der Waals surface area contributed by atoms with Crippen molar-refractivity contribution in [2.45, 2.75) is 48.0 Å². The number of aliphatic hydroxyl groups is 1. The first-order valence-electron chi connectivity index (χ1n) is 11.6. The lowest BCUT2D eigenvalue weighted by Crippen LogP contribution is -2.71. The van der Waals surface area contributed by atoms with E-state index in [4.69, 9.17) is 17.3 Å². The van der Waals surface area contributed by atoms with Gasteiger partial charge in [0.05, 0.1) is 12.7 Å². The number of primary amides is 1. The lowest BCUT2D eigenvalue weighted by molar-refractivity contribution is -0.223. The van der Waals surface area contributed by atoms with Gasteiger partial charge in [-0.3, -0.25) is 19.4 Å². The van der Waals surface area contributed by atoms with Crippen LogP contribution in [0.5, 0.6) is 0 Å². The summed E-state index contributed by atoms with van der Waals surface area (Å²) in [6.45, 7) is 0.263. The normalized spacial score (nSPS) is 24.7. The van der Waals surface area contributed by atoms with E-state index in [1.54, 1.807) is 24.3 Å². The molecule has 1 fully saturated rings. The van der Waals surface area contributed by atoms with Crippen LogP contribution in [0.4, 0.5) is 13.2 Å². The number of ketones is 1. The van der Waals surface area contributed by atoms with Crippen LogP contribution in [0.3, 0.4) is 0 Å². The van der Waals surface area contributed by atoms with Crippen molar-refractivity contribution in [1.29, 1.82) is 0 Å². The minimum atomic E-state index is -4.78. The zero-order valence-corrected chi connectivity index (χ0v) is 21.4. The van der Waals surface area contributed by atoms with E-state index in [-0.39, 0.29) is 0 Å². The highest BCUT2D eigenvalue weighted by atomic mass is 35.5. The zero-order valence-electron chi connectivity index (χ0n) is 19.9. The Balaban J connectivity index is 1.77. The van der Waals surface area contributed by atoms with Crippen molar-refractivity contribution in [2.75, 3.05) is 6.67 Å². The van der Waals surface area contributed by atoms with Gasteiger partial charge in [0, 0.05) is 21.9 Å². The van der Waals surface area contributed by atoms with Crippen LogP contribution in [0, 0.1) is 0 Å². The Kier molecular flexibility index (Phi) is 6.70. The number of Topliss-reactive ketones (excluding diaryl/α,β-unsaturated/α-hetero) is 1. The molecule has 3 aliphatic rings. The summed E-state index contributed by atoms with van der Waals surface area (Å²) < 4.78 is 41.7. The number of rotatable bonds is 3.